The molecule has 2 atom stereocenters. The molecule has 0 spiro atoms. The van der Waals surface area contributed by atoms with Crippen molar-refractivity contribution < 1.29 is 14.3 Å². The van der Waals surface area contributed by atoms with Crippen LogP contribution in [0.1, 0.15) is 17.9 Å². The van der Waals surface area contributed by atoms with Crippen LogP contribution in [-0.4, -0.2) is 61.6 Å². The van der Waals surface area contributed by atoms with Gasteiger partial charge in [-0.3, -0.25) is 4.79 Å². The van der Waals surface area contributed by atoms with Crippen molar-refractivity contribution in [3.63, 3.8) is 0 Å². The van der Waals surface area contributed by atoms with Crippen LogP contribution in [0.5, 0.6) is 0 Å². The Morgan fingerprint density at radius 2 is 2.29 bits per heavy atom. The SMILES string of the molecule is C[C@H](NC(=O)N1CCO[C@H](c2cccs2)C1)C(=O)N(C)C. The van der Waals surface area contributed by atoms with Gasteiger partial charge in [0.05, 0.1) is 13.2 Å². The molecule has 1 N–H and O–H groups in total. The number of carbonyl (C=O) groups excluding carboxylic acids is 2. The second-order valence-electron chi connectivity index (χ2n) is 5.22. The summed E-state index contributed by atoms with van der Waals surface area (Å²) in [6.07, 6.45) is -0.0793. The zero-order valence-corrected chi connectivity index (χ0v) is 13.4. The highest BCUT2D eigenvalue weighted by Gasteiger charge is 2.27. The maximum atomic E-state index is 12.2. The molecule has 7 heteroatoms. The summed E-state index contributed by atoms with van der Waals surface area (Å²) in [6.45, 7) is 3.25. The molecule has 2 heterocycles. The number of ether oxygens (including phenoxy) is 1. The number of urea groups is 1. The lowest BCUT2D eigenvalue weighted by Gasteiger charge is -2.33. The van der Waals surface area contributed by atoms with Crippen LogP contribution < -0.4 is 5.32 Å². The molecule has 0 saturated carbocycles. The van der Waals surface area contributed by atoms with E-state index in [1.54, 1.807) is 37.3 Å². The van der Waals surface area contributed by atoms with E-state index in [0.717, 1.165) is 4.88 Å². The third-order valence-corrected chi connectivity index (χ3v) is 4.33. The number of thiophene rings is 1. The summed E-state index contributed by atoms with van der Waals surface area (Å²) in [4.78, 5) is 28.3. The average molecular weight is 311 g/mol. The molecular weight excluding hydrogens is 290 g/mol. The number of rotatable bonds is 3. The van der Waals surface area contributed by atoms with Crippen LogP contribution in [0.4, 0.5) is 4.79 Å². The Morgan fingerprint density at radius 1 is 1.52 bits per heavy atom. The molecule has 0 unspecified atom stereocenters. The van der Waals surface area contributed by atoms with Crippen LogP contribution in [0.25, 0.3) is 0 Å². The summed E-state index contributed by atoms with van der Waals surface area (Å²) in [6, 6.07) is 3.23. The van der Waals surface area contributed by atoms with E-state index in [0.29, 0.717) is 19.7 Å². The second kappa shape index (κ2) is 6.91. The molecular formula is C14H21N3O3S. The molecule has 1 aromatic rings. The highest BCUT2D eigenvalue weighted by atomic mass is 32.1. The number of morpholine rings is 1. The number of nitrogens with one attached hydrogen (secondary N) is 1. The van der Waals surface area contributed by atoms with Crippen molar-refractivity contribution in [2.24, 2.45) is 0 Å². The molecule has 0 aliphatic carbocycles. The maximum Gasteiger partial charge on any atom is 0.318 e. The number of hydrogen-bond acceptors (Lipinski definition) is 4. The third kappa shape index (κ3) is 3.95. The van der Waals surface area contributed by atoms with E-state index in [1.165, 1.54) is 4.90 Å². The van der Waals surface area contributed by atoms with Crippen molar-refractivity contribution in [1.82, 2.24) is 15.1 Å². The van der Waals surface area contributed by atoms with E-state index in [4.69, 9.17) is 4.74 Å². The van der Waals surface area contributed by atoms with Gasteiger partial charge in [-0.15, -0.1) is 11.3 Å². The van der Waals surface area contributed by atoms with Crippen molar-refractivity contribution >= 4 is 23.3 Å². The molecule has 0 aromatic carbocycles. The minimum Gasteiger partial charge on any atom is -0.369 e. The summed E-state index contributed by atoms with van der Waals surface area (Å²) in [5.74, 6) is -0.119. The van der Waals surface area contributed by atoms with Crippen LogP contribution in [-0.2, 0) is 9.53 Å². The van der Waals surface area contributed by atoms with Crippen molar-refractivity contribution in [1.29, 1.82) is 0 Å². The fourth-order valence-electron chi connectivity index (χ4n) is 2.21. The van der Waals surface area contributed by atoms with E-state index in [1.807, 2.05) is 17.5 Å². The number of carbonyl (C=O) groups is 2. The number of hydrogen-bond donors (Lipinski definition) is 1. The first kappa shape index (κ1) is 15.8. The molecule has 21 heavy (non-hydrogen) atoms. The standard InChI is InChI=1S/C14H21N3O3S/c1-10(13(18)16(2)3)15-14(19)17-6-7-20-11(9-17)12-5-4-8-21-12/h4-5,8,10-11H,6-7,9H2,1-3H3,(H,15,19)/t10-,11-/m0/s1. The van der Waals surface area contributed by atoms with E-state index >= 15 is 0 Å². The molecule has 0 radical (unpaired) electrons. The Bertz CT molecular complexity index is 490. The lowest BCUT2D eigenvalue weighted by molar-refractivity contribution is -0.130. The monoisotopic (exact) mass is 311 g/mol. The van der Waals surface area contributed by atoms with Gasteiger partial charge < -0.3 is 19.9 Å². The van der Waals surface area contributed by atoms with Gasteiger partial charge in [0.2, 0.25) is 5.91 Å². The zero-order valence-electron chi connectivity index (χ0n) is 12.5. The average Bonchev–Trinajstić information content (AvgIpc) is 3.00. The van der Waals surface area contributed by atoms with Gasteiger partial charge in [-0.1, -0.05) is 6.07 Å². The van der Waals surface area contributed by atoms with Crippen LogP contribution in [0, 0.1) is 0 Å². The first-order valence-corrected chi connectivity index (χ1v) is 7.78. The third-order valence-electron chi connectivity index (χ3n) is 3.37. The number of amides is 3. The number of likely N-dealkylation sites (N-methyl/N-ethyl adjacent to an activating group) is 1. The predicted molar refractivity (Wildman–Crippen MR) is 81.3 cm³/mol. The first-order chi connectivity index (χ1) is 9.99. The predicted octanol–water partition coefficient (Wildman–Crippen LogP) is 1.31. The zero-order chi connectivity index (χ0) is 15.4. The molecule has 116 valence electrons. The molecule has 1 aliphatic rings. The Kier molecular flexibility index (Phi) is 5.19. The Morgan fingerprint density at radius 3 is 2.90 bits per heavy atom. The van der Waals surface area contributed by atoms with E-state index in [9.17, 15) is 9.59 Å². The van der Waals surface area contributed by atoms with Gasteiger partial charge in [-0.25, -0.2) is 4.79 Å². The minimum atomic E-state index is -0.532. The molecule has 1 fully saturated rings. The van der Waals surface area contributed by atoms with Gasteiger partial charge in [-0.2, -0.15) is 0 Å². The van der Waals surface area contributed by atoms with Gasteiger partial charge in [0.1, 0.15) is 12.1 Å². The van der Waals surface area contributed by atoms with Crippen LogP contribution in [0.15, 0.2) is 17.5 Å². The summed E-state index contributed by atoms with van der Waals surface area (Å²) < 4.78 is 5.71. The normalized spacial score (nSPS) is 20.0. The highest BCUT2D eigenvalue weighted by Crippen LogP contribution is 2.25. The lowest BCUT2D eigenvalue weighted by Crippen LogP contribution is -2.52. The molecule has 1 aliphatic heterocycles. The summed E-state index contributed by atoms with van der Waals surface area (Å²) in [5.41, 5.74) is 0. The van der Waals surface area contributed by atoms with Gasteiger partial charge >= 0.3 is 6.03 Å². The Balaban J connectivity index is 1.92. The summed E-state index contributed by atoms with van der Waals surface area (Å²) in [7, 11) is 3.35. The van der Waals surface area contributed by atoms with Gasteiger partial charge in [0, 0.05) is 25.5 Å². The fourth-order valence-corrected chi connectivity index (χ4v) is 2.97. The topological polar surface area (TPSA) is 61.9 Å². The van der Waals surface area contributed by atoms with Crippen LogP contribution in [0.2, 0.25) is 0 Å². The molecule has 2 rings (SSSR count). The minimum absolute atomic E-state index is 0.0793. The molecule has 1 saturated heterocycles. The molecule has 0 bridgehead atoms. The largest absolute Gasteiger partial charge is 0.369 e. The summed E-state index contributed by atoms with van der Waals surface area (Å²) >= 11 is 1.62. The van der Waals surface area contributed by atoms with Crippen molar-refractivity contribution in [2.45, 2.75) is 19.1 Å². The van der Waals surface area contributed by atoms with E-state index < -0.39 is 6.04 Å². The van der Waals surface area contributed by atoms with Crippen molar-refractivity contribution in [3.8, 4) is 0 Å². The quantitative estimate of drug-likeness (QED) is 0.915. The fraction of sp³-hybridized carbons (Fsp3) is 0.571. The van der Waals surface area contributed by atoms with E-state index in [2.05, 4.69) is 5.32 Å². The van der Waals surface area contributed by atoms with Crippen molar-refractivity contribution in [3.05, 3.63) is 22.4 Å². The maximum absolute atomic E-state index is 12.2. The second-order valence-corrected chi connectivity index (χ2v) is 6.20. The van der Waals surface area contributed by atoms with Crippen LogP contribution >= 0.6 is 11.3 Å². The number of nitrogens with zero attached hydrogens (tertiary/aromatic N) is 2. The van der Waals surface area contributed by atoms with Gasteiger partial charge in [0.15, 0.2) is 0 Å². The highest BCUT2D eigenvalue weighted by molar-refractivity contribution is 7.10. The smallest absolute Gasteiger partial charge is 0.318 e. The van der Waals surface area contributed by atoms with Gasteiger partial charge in [0.25, 0.3) is 0 Å². The lowest BCUT2D eigenvalue weighted by atomic mass is 10.2. The Hall–Kier alpha value is -1.60. The van der Waals surface area contributed by atoms with E-state index in [-0.39, 0.29) is 18.0 Å². The molecule has 6 nitrogen and oxygen atoms in total. The van der Waals surface area contributed by atoms with Crippen molar-refractivity contribution in [2.75, 3.05) is 33.8 Å². The molecule has 1 aromatic heterocycles. The Labute approximate surface area is 128 Å². The van der Waals surface area contributed by atoms with Crippen LogP contribution in [0.3, 0.4) is 0 Å². The first-order valence-electron chi connectivity index (χ1n) is 6.90. The summed E-state index contributed by atoms with van der Waals surface area (Å²) in [5, 5.41) is 4.74. The molecule has 3 amide bonds. The van der Waals surface area contributed by atoms with Gasteiger partial charge in [-0.05, 0) is 18.4 Å².